The van der Waals surface area contributed by atoms with Crippen LogP contribution in [0.5, 0.6) is 0 Å². The van der Waals surface area contributed by atoms with Gasteiger partial charge in [-0.05, 0) is 33.2 Å². The molecule has 1 saturated carbocycles. The Morgan fingerprint density at radius 1 is 1.32 bits per heavy atom. The lowest BCUT2D eigenvalue weighted by Gasteiger charge is -2.42. The minimum atomic E-state index is -0.806. The van der Waals surface area contributed by atoms with E-state index in [0.29, 0.717) is 19.6 Å². The first kappa shape index (κ1) is 18.7. The van der Waals surface area contributed by atoms with Gasteiger partial charge in [0.15, 0.2) is 0 Å². The second kappa shape index (κ2) is 8.95. The molecule has 2 amide bonds. The predicted molar refractivity (Wildman–Crippen MR) is 83.9 cm³/mol. The number of aliphatic carboxylic acids is 1. The average Bonchev–Trinajstić information content (AvgIpc) is 2.45. The molecule has 0 spiro atoms. The third-order valence-corrected chi connectivity index (χ3v) is 4.25. The van der Waals surface area contributed by atoms with Crippen LogP contribution < -0.4 is 5.32 Å². The van der Waals surface area contributed by atoms with E-state index in [1.807, 2.05) is 25.7 Å². The van der Waals surface area contributed by atoms with Gasteiger partial charge in [0.05, 0.1) is 12.6 Å². The molecule has 128 valence electrons. The summed E-state index contributed by atoms with van der Waals surface area (Å²) < 4.78 is 5.19. The van der Waals surface area contributed by atoms with E-state index in [4.69, 9.17) is 9.84 Å². The summed E-state index contributed by atoms with van der Waals surface area (Å²) in [5, 5.41) is 11.9. The summed E-state index contributed by atoms with van der Waals surface area (Å²) in [6.45, 7) is 7.81. The highest BCUT2D eigenvalue weighted by Crippen LogP contribution is 2.25. The molecular weight excluding hydrogens is 286 g/mol. The van der Waals surface area contributed by atoms with Crippen LogP contribution in [0.3, 0.4) is 0 Å². The molecule has 1 aliphatic carbocycles. The third-order valence-electron chi connectivity index (χ3n) is 4.25. The van der Waals surface area contributed by atoms with Crippen LogP contribution in [-0.4, -0.2) is 78.4 Å². The van der Waals surface area contributed by atoms with Crippen LogP contribution in [0, 0.1) is 0 Å². The van der Waals surface area contributed by atoms with Gasteiger partial charge in [-0.1, -0.05) is 6.92 Å². The number of nitrogens with zero attached hydrogens (tertiary/aromatic N) is 2. The Morgan fingerprint density at radius 3 is 2.41 bits per heavy atom. The van der Waals surface area contributed by atoms with Gasteiger partial charge in [0, 0.05) is 32.3 Å². The summed E-state index contributed by atoms with van der Waals surface area (Å²) in [7, 11) is 1.63. The second-order valence-corrected chi connectivity index (χ2v) is 5.81. The molecule has 7 nitrogen and oxygen atoms in total. The highest BCUT2D eigenvalue weighted by atomic mass is 16.5. The molecule has 0 heterocycles. The highest BCUT2D eigenvalue weighted by Gasteiger charge is 2.35. The normalized spacial score (nSPS) is 22.0. The molecular formula is C15H29N3O4. The molecule has 0 radical (unpaired) electrons. The largest absolute Gasteiger partial charge is 0.480 e. The average molecular weight is 315 g/mol. The molecule has 0 aliphatic heterocycles. The van der Waals surface area contributed by atoms with Crippen LogP contribution in [-0.2, 0) is 9.53 Å². The van der Waals surface area contributed by atoms with Crippen molar-refractivity contribution in [2.24, 2.45) is 0 Å². The van der Waals surface area contributed by atoms with E-state index >= 15 is 0 Å². The molecule has 1 aliphatic rings. The Hall–Kier alpha value is -1.34. The Kier molecular flexibility index (Phi) is 7.61. The summed E-state index contributed by atoms with van der Waals surface area (Å²) >= 11 is 0. The molecule has 1 fully saturated rings. The van der Waals surface area contributed by atoms with Crippen LogP contribution in [0.15, 0.2) is 0 Å². The molecule has 1 atom stereocenters. The van der Waals surface area contributed by atoms with E-state index in [1.165, 1.54) is 0 Å². The molecule has 0 aromatic carbocycles. The first-order chi connectivity index (χ1) is 10.4. The number of amides is 2. The summed E-state index contributed by atoms with van der Waals surface area (Å²) in [6, 6.07) is 0.308. The third kappa shape index (κ3) is 5.46. The molecule has 1 rings (SSSR count). The molecule has 1 unspecified atom stereocenters. The number of hydrogen-bond donors (Lipinski definition) is 2. The van der Waals surface area contributed by atoms with Gasteiger partial charge in [-0.15, -0.1) is 0 Å². The maximum absolute atomic E-state index is 12.2. The number of nitrogens with one attached hydrogen (secondary N) is 1. The number of carbonyl (C=O) groups excluding carboxylic acids is 1. The van der Waals surface area contributed by atoms with E-state index in [-0.39, 0.29) is 30.8 Å². The zero-order valence-corrected chi connectivity index (χ0v) is 14.0. The number of urea groups is 1. The zero-order chi connectivity index (χ0) is 16.7. The second-order valence-electron chi connectivity index (χ2n) is 5.81. The molecule has 2 N–H and O–H groups in total. The van der Waals surface area contributed by atoms with Crippen LogP contribution in [0.4, 0.5) is 4.79 Å². The summed E-state index contributed by atoms with van der Waals surface area (Å²) in [6.07, 6.45) is 1.63. The number of carbonyl (C=O) groups is 2. The SMILES string of the molecule is CCN(CC(C)OC)C(=O)NC1CC(N(CC)CC(=O)O)C1. The molecule has 0 saturated heterocycles. The fourth-order valence-electron chi connectivity index (χ4n) is 2.68. The van der Waals surface area contributed by atoms with Gasteiger partial charge in [0.25, 0.3) is 0 Å². The Bertz CT molecular complexity index is 372. The van der Waals surface area contributed by atoms with Crippen molar-refractivity contribution >= 4 is 12.0 Å². The number of methoxy groups -OCH3 is 1. The van der Waals surface area contributed by atoms with Crippen LogP contribution >= 0.6 is 0 Å². The lowest BCUT2D eigenvalue weighted by molar-refractivity contribution is -0.139. The molecule has 0 aromatic heterocycles. The predicted octanol–water partition coefficient (Wildman–Crippen LogP) is 0.990. The fraction of sp³-hybridized carbons (Fsp3) is 0.867. The number of likely N-dealkylation sites (N-methyl/N-ethyl adjacent to an activating group) is 2. The summed E-state index contributed by atoms with van der Waals surface area (Å²) in [4.78, 5) is 26.7. The van der Waals surface area contributed by atoms with Gasteiger partial charge in [0.1, 0.15) is 0 Å². The fourth-order valence-corrected chi connectivity index (χ4v) is 2.68. The Morgan fingerprint density at radius 2 is 1.95 bits per heavy atom. The number of rotatable bonds is 9. The lowest BCUT2D eigenvalue weighted by atomic mass is 9.85. The number of carboxylic acid groups (broad SMARTS) is 1. The number of hydrogen-bond acceptors (Lipinski definition) is 4. The van der Waals surface area contributed by atoms with Crippen LogP contribution in [0.25, 0.3) is 0 Å². The maximum Gasteiger partial charge on any atom is 0.317 e. The minimum absolute atomic E-state index is 0.00554. The monoisotopic (exact) mass is 315 g/mol. The van der Waals surface area contributed by atoms with Crippen molar-refractivity contribution < 1.29 is 19.4 Å². The highest BCUT2D eigenvalue weighted by molar-refractivity contribution is 5.74. The van der Waals surface area contributed by atoms with Crippen LogP contribution in [0.2, 0.25) is 0 Å². The smallest absolute Gasteiger partial charge is 0.317 e. The summed E-state index contributed by atoms with van der Waals surface area (Å²) in [5.41, 5.74) is 0. The van der Waals surface area contributed by atoms with Gasteiger partial charge < -0.3 is 20.1 Å². The van der Waals surface area contributed by atoms with Crippen molar-refractivity contribution in [3.05, 3.63) is 0 Å². The van der Waals surface area contributed by atoms with Crippen molar-refractivity contribution in [1.29, 1.82) is 0 Å². The lowest BCUT2D eigenvalue weighted by Crippen LogP contribution is -2.57. The van der Waals surface area contributed by atoms with Gasteiger partial charge in [-0.3, -0.25) is 9.69 Å². The molecule has 0 bridgehead atoms. The van der Waals surface area contributed by atoms with E-state index in [2.05, 4.69) is 5.32 Å². The van der Waals surface area contributed by atoms with Gasteiger partial charge in [-0.25, -0.2) is 4.79 Å². The zero-order valence-electron chi connectivity index (χ0n) is 14.0. The first-order valence-electron chi connectivity index (χ1n) is 7.95. The Labute approximate surface area is 132 Å². The van der Waals surface area contributed by atoms with E-state index < -0.39 is 5.97 Å². The standard InChI is InChI=1S/C15H29N3O4/c1-5-17(10-14(19)20)13-7-12(8-13)16-15(21)18(6-2)9-11(3)22-4/h11-13H,5-10H2,1-4H3,(H,16,21)(H,19,20). The van der Waals surface area contributed by atoms with Crippen molar-refractivity contribution in [2.75, 3.05) is 33.3 Å². The van der Waals surface area contributed by atoms with E-state index in [0.717, 1.165) is 12.8 Å². The summed E-state index contributed by atoms with van der Waals surface area (Å²) in [5.74, 6) is -0.806. The first-order valence-corrected chi connectivity index (χ1v) is 7.95. The number of ether oxygens (including phenoxy) is 1. The molecule has 22 heavy (non-hydrogen) atoms. The number of carboxylic acids is 1. The maximum atomic E-state index is 12.2. The minimum Gasteiger partial charge on any atom is -0.480 e. The van der Waals surface area contributed by atoms with Crippen molar-refractivity contribution in [3.8, 4) is 0 Å². The molecule has 7 heteroatoms. The molecule has 0 aromatic rings. The van der Waals surface area contributed by atoms with Crippen molar-refractivity contribution in [3.63, 3.8) is 0 Å². The van der Waals surface area contributed by atoms with Crippen molar-refractivity contribution in [1.82, 2.24) is 15.1 Å². The topological polar surface area (TPSA) is 82.1 Å². The van der Waals surface area contributed by atoms with Gasteiger partial charge in [-0.2, -0.15) is 0 Å². The Balaban J connectivity index is 2.37. The van der Waals surface area contributed by atoms with Gasteiger partial charge in [0.2, 0.25) is 0 Å². The van der Waals surface area contributed by atoms with E-state index in [9.17, 15) is 9.59 Å². The van der Waals surface area contributed by atoms with E-state index in [1.54, 1.807) is 12.0 Å². The van der Waals surface area contributed by atoms with Crippen LogP contribution in [0.1, 0.15) is 33.6 Å². The van der Waals surface area contributed by atoms with Crippen molar-refractivity contribution in [2.45, 2.75) is 51.8 Å². The quantitative estimate of drug-likeness (QED) is 0.663. The van der Waals surface area contributed by atoms with Gasteiger partial charge >= 0.3 is 12.0 Å².